The molecule has 0 bridgehead atoms. The Bertz CT molecular complexity index is 315. The van der Waals surface area contributed by atoms with Crippen LogP contribution in [0.2, 0.25) is 0 Å². The molecule has 0 saturated carbocycles. The molecule has 0 aromatic rings. The number of aliphatic imine (C=N–C) groups is 1. The number of allylic oxidation sites excluding steroid dienone is 1. The Balaban J connectivity index is 1.81. The Morgan fingerprint density at radius 1 is 1.04 bits per heavy atom. The minimum Gasteiger partial charge on any atom is -0.379 e. The number of hydrogen-bond donors (Lipinski definition) is 1. The standard InChI is InChI=1S/C20H38N2O/c1-3-4-5-6-7-8-9-10-11-12-13-14-15-16-20-21-17-18-22(20)19(2)23/h3,17,19-20,23H,1,4-16,18H2,2H3. The summed E-state index contributed by atoms with van der Waals surface area (Å²) in [6.07, 6.45) is 21.1. The molecule has 23 heavy (non-hydrogen) atoms. The van der Waals surface area contributed by atoms with Crippen molar-refractivity contribution in [1.29, 1.82) is 0 Å². The van der Waals surface area contributed by atoms with E-state index in [1.807, 2.05) is 19.2 Å². The van der Waals surface area contributed by atoms with Crippen LogP contribution in [0.3, 0.4) is 0 Å². The molecule has 2 unspecified atom stereocenters. The van der Waals surface area contributed by atoms with Gasteiger partial charge in [-0.05, 0) is 32.6 Å². The molecule has 3 nitrogen and oxygen atoms in total. The fraction of sp³-hybridized carbons (Fsp3) is 0.850. The van der Waals surface area contributed by atoms with Crippen LogP contribution in [0.5, 0.6) is 0 Å². The van der Waals surface area contributed by atoms with Crippen LogP contribution in [-0.4, -0.2) is 35.2 Å². The first-order chi connectivity index (χ1) is 11.3. The Morgan fingerprint density at radius 3 is 2.09 bits per heavy atom. The summed E-state index contributed by atoms with van der Waals surface area (Å²) in [6.45, 7) is 6.40. The highest BCUT2D eigenvalue weighted by Gasteiger charge is 2.23. The van der Waals surface area contributed by atoms with Crippen LogP contribution in [0, 0.1) is 0 Å². The van der Waals surface area contributed by atoms with E-state index in [9.17, 15) is 5.11 Å². The monoisotopic (exact) mass is 322 g/mol. The summed E-state index contributed by atoms with van der Waals surface area (Å²) in [5.41, 5.74) is 0. The van der Waals surface area contributed by atoms with Crippen LogP contribution >= 0.6 is 0 Å². The first kappa shape index (κ1) is 20.4. The van der Waals surface area contributed by atoms with Crippen molar-refractivity contribution in [2.24, 2.45) is 4.99 Å². The molecule has 1 aliphatic rings. The van der Waals surface area contributed by atoms with Gasteiger partial charge >= 0.3 is 0 Å². The topological polar surface area (TPSA) is 35.8 Å². The first-order valence-electron chi connectivity index (χ1n) is 9.82. The molecular weight excluding hydrogens is 284 g/mol. The highest BCUT2D eigenvalue weighted by molar-refractivity contribution is 5.62. The molecule has 0 fully saturated rings. The van der Waals surface area contributed by atoms with E-state index in [1.54, 1.807) is 0 Å². The van der Waals surface area contributed by atoms with Crippen molar-refractivity contribution >= 4 is 6.21 Å². The Labute approximate surface area is 143 Å². The lowest BCUT2D eigenvalue weighted by atomic mass is 10.0. The summed E-state index contributed by atoms with van der Waals surface area (Å²) in [5, 5.41) is 9.67. The summed E-state index contributed by atoms with van der Waals surface area (Å²) in [6, 6.07) is 0. The predicted octanol–water partition coefficient (Wildman–Crippen LogP) is 5.29. The third kappa shape index (κ3) is 9.93. The van der Waals surface area contributed by atoms with E-state index in [1.165, 1.54) is 77.0 Å². The molecule has 1 N–H and O–H groups in total. The maximum absolute atomic E-state index is 9.67. The van der Waals surface area contributed by atoms with Gasteiger partial charge in [0.1, 0.15) is 12.4 Å². The van der Waals surface area contributed by atoms with Crippen LogP contribution < -0.4 is 0 Å². The summed E-state index contributed by atoms with van der Waals surface area (Å²) < 4.78 is 0. The van der Waals surface area contributed by atoms with Crippen molar-refractivity contribution in [1.82, 2.24) is 4.90 Å². The van der Waals surface area contributed by atoms with Gasteiger partial charge in [-0.2, -0.15) is 0 Å². The molecule has 134 valence electrons. The molecule has 1 heterocycles. The summed E-state index contributed by atoms with van der Waals surface area (Å²) in [5.74, 6) is 0. The zero-order valence-electron chi connectivity index (χ0n) is 15.3. The molecular formula is C20H38N2O. The zero-order chi connectivity index (χ0) is 16.8. The van der Waals surface area contributed by atoms with Gasteiger partial charge in [0.15, 0.2) is 0 Å². The molecule has 0 aromatic heterocycles. The molecule has 0 amide bonds. The van der Waals surface area contributed by atoms with Gasteiger partial charge in [-0.25, -0.2) is 0 Å². The van der Waals surface area contributed by atoms with E-state index >= 15 is 0 Å². The lowest BCUT2D eigenvalue weighted by Crippen LogP contribution is -2.37. The predicted molar refractivity (Wildman–Crippen MR) is 101 cm³/mol. The van der Waals surface area contributed by atoms with Gasteiger partial charge in [-0.1, -0.05) is 63.9 Å². The van der Waals surface area contributed by atoms with E-state index in [2.05, 4.69) is 16.5 Å². The van der Waals surface area contributed by atoms with Gasteiger partial charge in [0, 0.05) is 12.8 Å². The summed E-state index contributed by atoms with van der Waals surface area (Å²) >= 11 is 0. The average molecular weight is 323 g/mol. The Kier molecular flexibility index (Phi) is 12.2. The van der Waals surface area contributed by atoms with Gasteiger partial charge in [0.25, 0.3) is 0 Å². The van der Waals surface area contributed by atoms with Crippen molar-refractivity contribution < 1.29 is 5.11 Å². The number of hydrogen-bond acceptors (Lipinski definition) is 3. The summed E-state index contributed by atoms with van der Waals surface area (Å²) in [4.78, 5) is 6.53. The van der Waals surface area contributed by atoms with Crippen LogP contribution in [-0.2, 0) is 0 Å². The summed E-state index contributed by atoms with van der Waals surface area (Å²) in [7, 11) is 0. The minimum absolute atomic E-state index is 0.219. The van der Waals surface area contributed by atoms with E-state index in [4.69, 9.17) is 0 Å². The van der Waals surface area contributed by atoms with Crippen molar-refractivity contribution in [2.75, 3.05) is 6.54 Å². The van der Waals surface area contributed by atoms with E-state index in [-0.39, 0.29) is 12.4 Å². The normalized spacial score (nSPS) is 19.3. The molecule has 0 aromatic carbocycles. The van der Waals surface area contributed by atoms with Crippen molar-refractivity contribution in [3.05, 3.63) is 12.7 Å². The van der Waals surface area contributed by atoms with Crippen LogP contribution in [0.1, 0.15) is 90.4 Å². The van der Waals surface area contributed by atoms with E-state index in [0.29, 0.717) is 0 Å². The molecule has 2 atom stereocenters. The lowest BCUT2D eigenvalue weighted by Gasteiger charge is -2.25. The number of rotatable bonds is 15. The maximum Gasteiger partial charge on any atom is 0.106 e. The van der Waals surface area contributed by atoms with Gasteiger partial charge in [-0.15, -0.1) is 6.58 Å². The molecule has 3 heteroatoms. The van der Waals surface area contributed by atoms with Crippen LogP contribution in [0.25, 0.3) is 0 Å². The second-order valence-corrected chi connectivity index (χ2v) is 6.90. The number of unbranched alkanes of at least 4 members (excludes halogenated alkanes) is 11. The molecule has 0 saturated heterocycles. The zero-order valence-corrected chi connectivity index (χ0v) is 15.3. The smallest absolute Gasteiger partial charge is 0.106 e. The molecule has 1 rings (SSSR count). The van der Waals surface area contributed by atoms with E-state index in [0.717, 1.165) is 13.0 Å². The van der Waals surface area contributed by atoms with Crippen molar-refractivity contribution in [2.45, 2.75) is 103 Å². The first-order valence-corrected chi connectivity index (χ1v) is 9.82. The van der Waals surface area contributed by atoms with Gasteiger partial charge in [0.05, 0.1) is 0 Å². The van der Waals surface area contributed by atoms with Gasteiger partial charge in [0.2, 0.25) is 0 Å². The van der Waals surface area contributed by atoms with Crippen LogP contribution in [0.4, 0.5) is 0 Å². The third-order valence-corrected chi connectivity index (χ3v) is 4.80. The molecule has 0 radical (unpaired) electrons. The molecule has 0 spiro atoms. The fourth-order valence-electron chi connectivity index (χ4n) is 3.32. The van der Waals surface area contributed by atoms with Gasteiger partial charge in [-0.3, -0.25) is 9.89 Å². The second kappa shape index (κ2) is 13.7. The SMILES string of the molecule is C=CCCCCCCCCCCCCCC1N=CCN1C(C)O. The largest absolute Gasteiger partial charge is 0.379 e. The van der Waals surface area contributed by atoms with Crippen LogP contribution in [0.15, 0.2) is 17.6 Å². The molecule has 1 aliphatic heterocycles. The maximum atomic E-state index is 9.67. The minimum atomic E-state index is -0.376. The Hall–Kier alpha value is -0.670. The fourth-order valence-corrected chi connectivity index (χ4v) is 3.32. The highest BCUT2D eigenvalue weighted by atomic mass is 16.3. The highest BCUT2D eigenvalue weighted by Crippen LogP contribution is 2.18. The number of aliphatic hydroxyl groups excluding tert-OH is 1. The van der Waals surface area contributed by atoms with Crippen molar-refractivity contribution in [3.63, 3.8) is 0 Å². The van der Waals surface area contributed by atoms with E-state index < -0.39 is 0 Å². The number of aliphatic hydroxyl groups is 1. The third-order valence-electron chi connectivity index (χ3n) is 4.80. The average Bonchev–Trinajstić information content (AvgIpc) is 3.00. The lowest BCUT2D eigenvalue weighted by molar-refractivity contribution is 0.00710. The molecule has 0 aliphatic carbocycles. The number of nitrogens with zero attached hydrogens (tertiary/aromatic N) is 2. The Morgan fingerprint density at radius 2 is 1.57 bits per heavy atom. The quantitative estimate of drug-likeness (QED) is 0.328. The van der Waals surface area contributed by atoms with Gasteiger partial charge < -0.3 is 5.11 Å². The second-order valence-electron chi connectivity index (χ2n) is 6.90. The van der Waals surface area contributed by atoms with Crippen molar-refractivity contribution in [3.8, 4) is 0 Å².